The molecule has 2 unspecified atom stereocenters. The second kappa shape index (κ2) is 8.82. The highest BCUT2D eigenvalue weighted by Gasteiger charge is 2.29. The lowest BCUT2D eigenvalue weighted by atomic mass is 10.0. The fourth-order valence-electron chi connectivity index (χ4n) is 3.39. The van der Waals surface area contributed by atoms with Crippen LogP contribution in [-0.4, -0.2) is 85.6 Å². The predicted molar refractivity (Wildman–Crippen MR) is 83.7 cm³/mol. The molecule has 128 valence electrons. The van der Waals surface area contributed by atoms with Gasteiger partial charge in [-0.05, 0) is 32.9 Å². The summed E-state index contributed by atoms with van der Waals surface area (Å²) >= 11 is 0. The maximum Gasteiger partial charge on any atom is 0.310 e. The number of carbonyl (C=O) groups excluding carboxylic acids is 1. The molecule has 0 aromatic heterocycles. The molecule has 2 aliphatic heterocycles. The topological polar surface area (TPSA) is 62.2 Å². The van der Waals surface area contributed by atoms with Gasteiger partial charge in [-0.1, -0.05) is 6.92 Å². The first kappa shape index (κ1) is 17.7. The molecule has 0 radical (unpaired) electrons. The lowest BCUT2D eigenvalue weighted by Gasteiger charge is -2.42. The molecule has 0 saturated carbocycles. The Morgan fingerprint density at radius 1 is 1.36 bits per heavy atom. The molecule has 0 amide bonds. The molecular formula is C16H30N2O4. The predicted octanol–water partition coefficient (Wildman–Crippen LogP) is 0.343. The van der Waals surface area contributed by atoms with Crippen molar-refractivity contribution in [1.82, 2.24) is 9.80 Å². The summed E-state index contributed by atoms with van der Waals surface area (Å²) in [7, 11) is 0. The van der Waals surface area contributed by atoms with E-state index in [-0.39, 0.29) is 25.1 Å². The molecule has 0 aromatic carbocycles. The molecule has 6 nitrogen and oxygen atoms in total. The number of morpholine rings is 1. The lowest BCUT2D eigenvalue weighted by Crippen LogP contribution is -2.51. The molecule has 2 heterocycles. The Kier molecular flexibility index (Phi) is 7.08. The number of ether oxygens (including phenoxy) is 2. The number of aliphatic hydroxyl groups excluding tert-OH is 1. The van der Waals surface area contributed by atoms with E-state index in [1.807, 2.05) is 6.92 Å². The SMILES string of the molecule is CC1CN(C2CCN(CC(C)C(=O)OCCO)CC2)CCO1. The van der Waals surface area contributed by atoms with Crippen LogP contribution in [0.1, 0.15) is 26.7 Å². The molecule has 22 heavy (non-hydrogen) atoms. The van der Waals surface area contributed by atoms with E-state index in [1.165, 1.54) is 0 Å². The van der Waals surface area contributed by atoms with E-state index in [1.54, 1.807) is 0 Å². The van der Waals surface area contributed by atoms with Gasteiger partial charge in [-0.3, -0.25) is 9.69 Å². The normalized spacial score (nSPS) is 26.8. The van der Waals surface area contributed by atoms with Crippen molar-refractivity contribution in [2.24, 2.45) is 5.92 Å². The minimum atomic E-state index is -0.210. The fourth-order valence-corrected chi connectivity index (χ4v) is 3.39. The third-order valence-electron chi connectivity index (χ3n) is 4.62. The fraction of sp³-hybridized carbons (Fsp3) is 0.938. The van der Waals surface area contributed by atoms with Gasteiger partial charge in [0.15, 0.2) is 0 Å². The van der Waals surface area contributed by atoms with Crippen molar-refractivity contribution in [3.05, 3.63) is 0 Å². The molecule has 2 atom stereocenters. The van der Waals surface area contributed by atoms with Gasteiger partial charge in [-0.15, -0.1) is 0 Å². The van der Waals surface area contributed by atoms with E-state index < -0.39 is 0 Å². The van der Waals surface area contributed by atoms with Gasteiger partial charge >= 0.3 is 5.97 Å². The van der Waals surface area contributed by atoms with Crippen LogP contribution < -0.4 is 0 Å². The molecule has 2 saturated heterocycles. The van der Waals surface area contributed by atoms with Crippen molar-refractivity contribution < 1.29 is 19.4 Å². The van der Waals surface area contributed by atoms with Crippen LogP contribution in [0.3, 0.4) is 0 Å². The first-order valence-corrected chi connectivity index (χ1v) is 8.45. The summed E-state index contributed by atoms with van der Waals surface area (Å²) in [5.41, 5.74) is 0. The van der Waals surface area contributed by atoms with Crippen LogP contribution in [0.15, 0.2) is 0 Å². The van der Waals surface area contributed by atoms with Crippen LogP contribution >= 0.6 is 0 Å². The average molecular weight is 314 g/mol. The first-order chi connectivity index (χ1) is 10.6. The van der Waals surface area contributed by atoms with Crippen molar-refractivity contribution in [2.75, 3.05) is 52.5 Å². The number of likely N-dealkylation sites (tertiary alicyclic amines) is 1. The third-order valence-corrected chi connectivity index (χ3v) is 4.62. The Hall–Kier alpha value is -0.690. The summed E-state index contributed by atoms with van der Waals surface area (Å²) in [6.45, 7) is 9.76. The average Bonchev–Trinajstić information content (AvgIpc) is 2.53. The van der Waals surface area contributed by atoms with Gasteiger partial charge in [0.25, 0.3) is 0 Å². The van der Waals surface area contributed by atoms with Crippen LogP contribution in [-0.2, 0) is 14.3 Å². The van der Waals surface area contributed by atoms with Crippen molar-refractivity contribution in [3.8, 4) is 0 Å². The second-order valence-electron chi connectivity index (χ2n) is 6.50. The van der Waals surface area contributed by atoms with E-state index in [0.717, 1.165) is 52.2 Å². The van der Waals surface area contributed by atoms with Crippen LogP contribution in [0.25, 0.3) is 0 Å². The highest BCUT2D eigenvalue weighted by Crippen LogP contribution is 2.20. The van der Waals surface area contributed by atoms with Gasteiger partial charge in [0.1, 0.15) is 6.61 Å². The third kappa shape index (κ3) is 5.19. The number of nitrogens with zero attached hydrogens (tertiary/aromatic N) is 2. The molecule has 2 rings (SSSR count). The maximum absolute atomic E-state index is 11.7. The van der Waals surface area contributed by atoms with Gasteiger partial charge < -0.3 is 19.5 Å². The Morgan fingerprint density at radius 3 is 2.73 bits per heavy atom. The number of piperidine rings is 1. The summed E-state index contributed by atoms with van der Waals surface area (Å²) in [6.07, 6.45) is 2.66. The standard InChI is InChI=1S/C16H30N2O4/c1-13(16(20)22-10-8-19)11-17-5-3-15(4-6-17)18-7-9-21-14(2)12-18/h13-15,19H,3-12H2,1-2H3. The molecule has 2 fully saturated rings. The van der Waals surface area contributed by atoms with Crippen molar-refractivity contribution in [3.63, 3.8) is 0 Å². The zero-order valence-corrected chi connectivity index (χ0v) is 13.9. The van der Waals surface area contributed by atoms with E-state index in [0.29, 0.717) is 12.1 Å². The van der Waals surface area contributed by atoms with Gasteiger partial charge in [0.05, 0.1) is 25.2 Å². The monoisotopic (exact) mass is 314 g/mol. The number of hydrogen-bond acceptors (Lipinski definition) is 6. The van der Waals surface area contributed by atoms with Gasteiger partial charge in [-0.25, -0.2) is 0 Å². The summed E-state index contributed by atoms with van der Waals surface area (Å²) in [5, 5.41) is 8.69. The van der Waals surface area contributed by atoms with Crippen LogP contribution in [0.2, 0.25) is 0 Å². The van der Waals surface area contributed by atoms with Gasteiger partial charge in [0, 0.05) is 25.7 Å². The van der Waals surface area contributed by atoms with Crippen molar-refractivity contribution in [1.29, 1.82) is 0 Å². The zero-order chi connectivity index (χ0) is 15.9. The van der Waals surface area contributed by atoms with E-state index in [9.17, 15) is 4.79 Å². The Balaban J connectivity index is 1.69. The summed E-state index contributed by atoms with van der Waals surface area (Å²) in [6, 6.07) is 0.652. The Bertz CT molecular complexity index is 345. The second-order valence-corrected chi connectivity index (χ2v) is 6.50. The van der Waals surface area contributed by atoms with Crippen LogP contribution in [0.4, 0.5) is 0 Å². The highest BCUT2D eigenvalue weighted by atomic mass is 16.5. The molecule has 0 bridgehead atoms. The zero-order valence-electron chi connectivity index (χ0n) is 13.9. The number of carbonyl (C=O) groups is 1. The highest BCUT2D eigenvalue weighted by molar-refractivity contribution is 5.72. The van der Waals surface area contributed by atoms with Crippen molar-refractivity contribution in [2.45, 2.75) is 38.8 Å². The summed E-state index contributed by atoms with van der Waals surface area (Å²) < 4.78 is 10.6. The minimum Gasteiger partial charge on any atom is -0.463 e. The first-order valence-electron chi connectivity index (χ1n) is 8.45. The van der Waals surface area contributed by atoms with Crippen LogP contribution in [0, 0.1) is 5.92 Å². The van der Waals surface area contributed by atoms with E-state index in [4.69, 9.17) is 14.6 Å². The molecule has 6 heteroatoms. The number of esters is 1. The summed E-state index contributed by atoms with van der Waals surface area (Å²) in [4.78, 5) is 16.7. The van der Waals surface area contributed by atoms with E-state index in [2.05, 4.69) is 16.7 Å². The molecule has 1 N–H and O–H groups in total. The largest absolute Gasteiger partial charge is 0.463 e. The molecule has 2 aliphatic rings. The van der Waals surface area contributed by atoms with Crippen LogP contribution in [0.5, 0.6) is 0 Å². The smallest absolute Gasteiger partial charge is 0.310 e. The Morgan fingerprint density at radius 2 is 2.09 bits per heavy atom. The molecule has 0 aliphatic carbocycles. The Labute approximate surface area is 133 Å². The summed E-state index contributed by atoms with van der Waals surface area (Å²) in [5.74, 6) is -0.343. The minimum absolute atomic E-state index is 0.0977. The van der Waals surface area contributed by atoms with Gasteiger partial charge in [-0.2, -0.15) is 0 Å². The number of rotatable bonds is 6. The van der Waals surface area contributed by atoms with Crippen molar-refractivity contribution >= 4 is 5.97 Å². The van der Waals surface area contributed by atoms with Gasteiger partial charge in [0.2, 0.25) is 0 Å². The number of hydrogen-bond donors (Lipinski definition) is 1. The quantitative estimate of drug-likeness (QED) is 0.714. The molecule has 0 spiro atoms. The molecule has 0 aromatic rings. The number of aliphatic hydroxyl groups is 1. The maximum atomic E-state index is 11.7. The van der Waals surface area contributed by atoms with E-state index >= 15 is 0 Å². The molecular weight excluding hydrogens is 284 g/mol. The lowest BCUT2D eigenvalue weighted by molar-refractivity contribution is -0.149.